The van der Waals surface area contributed by atoms with E-state index < -0.39 is 0 Å². The third-order valence-electron chi connectivity index (χ3n) is 4.63. The molecule has 0 fully saturated rings. The van der Waals surface area contributed by atoms with E-state index in [0.717, 1.165) is 18.4 Å². The highest BCUT2D eigenvalue weighted by Gasteiger charge is 2.11. The zero-order valence-corrected chi connectivity index (χ0v) is 15.8. The summed E-state index contributed by atoms with van der Waals surface area (Å²) in [6.07, 6.45) is 10.1. The Morgan fingerprint density at radius 3 is 1.85 bits per heavy atom. The lowest BCUT2D eigenvalue weighted by Crippen LogP contribution is -2.08. The van der Waals surface area contributed by atoms with E-state index in [1.165, 1.54) is 28.0 Å². The van der Waals surface area contributed by atoms with Crippen LogP contribution in [0.1, 0.15) is 30.0 Å². The van der Waals surface area contributed by atoms with E-state index in [-0.39, 0.29) is 0 Å². The number of benzene rings is 2. The van der Waals surface area contributed by atoms with Crippen LogP contribution in [0.15, 0.2) is 78.4 Å². The normalized spacial score (nSPS) is 13.2. The lowest BCUT2D eigenvalue weighted by molar-refractivity contribution is 0.922. The number of aryl methyl sites for hydroxylation is 1. The van der Waals surface area contributed by atoms with Crippen molar-refractivity contribution >= 4 is 17.0 Å². The van der Waals surface area contributed by atoms with Crippen LogP contribution in [0.5, 0.6) is 0 Å². The molecule has 26 heavy (non-hydrogen) atoms. The van der Waals surface area contributed by atoms with Gasteiger partial charge in [-0.1, -0.05) is 61.9 Å². The molecule has 1 aliphatic rings. The molecule has 0 amide bonds. The third kappa shape index (κ3) is 4.02. The van der Waals surface area contributed by atoms with E-state index in [4.69, 9.17) is 5.41 Å². The van der Waals surface area contributed by atoms with Crippen molar-refractivity contribution in [1.29, 1.82) is 5.41 Å². The second kappa shape index (κ2) is 8.01. The Bertz CT molecular complexity index is 845. The minimum Gasteiger partial charge on any atom is -0.378 e. The predicted molar refractivity (Wildman–Crippen MR) is 113 cm³/mol. The minimum atomic E-state index is 0.536. The van der Waals surface area contributed by atoms with Crippen molar-refractivity contribution in [2.45, 2.75) is 19.8 Å². The fraction of sp³-hybridized carbons (Fsp3) is 0.208. The molecule has 0 atom stereocenters. The summed E-state index contributed by atoms with van der Waals surface area (Å²) in [5.41, 5.74) is 7.85. The average Bonchev–Trinajstić information content (AvgIpc) is 2.65. The minimum absolute atomic E-state index is 0.536. The van der Waals surface area contributed by atoms with Gasteiger partial charge in [0.15, 0.2) is 0 Å². The van der Waals surface area contributed by atoms with Crippen molar-refractivity contribution < 1.29 is 0 Å². The van der Waals surface area contributed by atoms with E-state index in [1.807, 2.05) is 24.3 Å². The Balaban J connectivity index is 2.08. The largest absolute Gasteiger partial charge is 0.378 e. The average molecular weight is 342 g/mol. The zero-order chi connectivity index (χ0) is 18.5. The molecule has 2 nitrogen and oxygen atoms in total. The maximum atomic E-state index is 7.78. The van der Waals surface area contributed by atoms with Crippen molar-refractivity contribution in [3.63, 3.8) is 0 Å². The third-order valence-corrected chi connectivity index (χ3v) is 4.63. The first-order valence-electron chi connectivity index (χ1n) is 9.14. The van der Waals surface area contributed by atoms with E-state index in [0.29, 0.717) is 5.71 Å². The van der Waals surface area contributed by atoms with Gasteiger partial charge in [-0.2, -0.15) is 0 Å². The Labute approximate surface area is 156 Å². The Kier molecular flexibility index (Phi) is 5.52. The summed E-state index contributed by atoms with van der Waals surface area (Å²) in [6.45, 7) is 2.21. The van der Waals surface area contributed by atoms with E-state index in [1.54, 1.807) is 0 Å². The number of nitrogens with one attached hydrogen (secondary N) is 1. The fourth-order valence-corrected chi connectivity index (χ4v) is 3.19. The lowest BCUT2D eigenvalue weighted by Gasteiger charge is -2.17. The van der Waals surface area contributed by atoms with Gasteiger partial charge in [-0.15, -0.1) is 0 Å². The van der Waals surface area contributed by atoms with Crippen molar-refractivity contribution in [2.24, 2.45) is 0 Å². The molecule has 0 aliphatic heterocycles. The molecule has 0 aromatic heterocycles. The monoisotopic (exact) mass is 342 g/mol. The van der Waals surface area contributed by atoms with Crippen molar-refractivity contribution in [2.75, 3.05) is 19.0 Å². The lowest BCUT2D eigenvalue weighted by atomic mass is 9.90. The van der Waals surface area contributed by atoms with Crippen molar-refractivity contribution in [3.05, 3.63) is 95.1 Å². The summed E-state index contributed by atoms with van der Waals surface area (Å²) < 4.78 is 0. The van der Waals surface area contributed by atoms with Crippen LogP contribution in [-0.4, -0.2) is 19.8 Å². The molecule has 2 heteroatoms. The van der Waals surface area contributed by atoms with E-state index >= 15 is 0 Å². The summed E-state index contributed by atoms with van der Waals surface area (Å²) in [7, 11) is 4.11. The summed E-state index contributed by atoms with van der Waals surface area (Å²) in [6, 6.07) is 17.6. The van der Waals surface area contributed by atoms with Gasteiger partial charge in [0.2, 0.25) is 0 Å². The quantitative estimate of drug-likeness (QED) is 0.746. The molecule has 0 saturated heterocycles. The summed E-state index contributed by atoms with van der Waals surface area (Å²) in [5, 5.41) is 7.78. The van der Waals surface area contributed by atoms with Gasteiger partial charge in [-0.3, -0.25) is 0 Å². The molecule has 0 bridgehead atoms. The molecule has 0 saturated carbocycles. The van der Waals surface area contributed by atoms with Crippen LogP contribution in [0.3, 0.4) is 0 Å². The summed E-state index contributed by atoms with van der Waals surface area (Å²) in [5.74, 6) is 0. The van der Waals surface area contributed by atoms with Gasteiger partial charge in [0.1, 0.15) is 0 Å². The standard InChI is InChI=1S/C24H26N2/c1-4-5-18-6-8-19(9-7-18)24(20-10-14-22(25)15-11-20)21-12-16-23(17-13-21)26(2)3/h6-17,25H,4-5H2,1-3H3. The van der Waals surface area contributed by atoms with E-state index in [2.05, 4.69) is 74.4 Å². The van der Waals surface area contributed by atoms with Gasteiger partial charge in [0.25, 0.3) is 0 Å². The molecule has 1 aliphatic carbocycles. The second-order valence-corrected chi connectivity index (χ2v) is 6.84. The molecule has 0 spiro atoms. The van der Waals surface area contributed by atoms with Crippen LogP contribution >= 0.6 is 0 Å². The number of hydrogen-bond donors (Lipinski definition) is 1. The first-order chi connectivity index (χ1) is 12.6. The van der Waals surface area contributed by atoms with Crippen LogP contribution in [0.4, 0.5) is 5.69 Å². The first kappa shape index (κ1) is 17.9. The highest BCUT2D eigenvalue weighted by Crippen LogP contribution is 2.31. The topological polar surface area (TPSA) is 27.1 Å². The molecule has 2 aromatic carbocycles. The number of hydrogen-bond acceptors (Lipinski definition) is 2. The summed E-state index contributed by atoms with van der Waals surface area (Å²) >= 11 is 0. The van der Waals surface area contributed by atoms with Crippen molar-refractivity contribution in [3.8, 4) is 0 Å². The van der Waals surface area contributed by atoms with Gasteiger partial charge >= 0.3 is 0 Å². The van der Waals surface area contributed by atoms with Gasteiger partial charge < -0.3 is 10.3 Å². The van der Waals surface area contributed by atoms with Crippen LogP contribution in [0, 0.1) is 5.41 Å². The van der Waals surface area contributed by atoms with Crippen LogP contribution in [0.25, 0.3) is 5.57 Å². The second-order valence-electron chi connectivity index (χ2n) is 6.84. The molecule has 0 radical (unpaired) electrons. The van der Waals surface area contributed by atoms with Gasteiger partial charge in [-0.05, 0) is 58.5 Å². The Morgan fingerprint density at radius 2 is 1.35 bits per heavy atom. The maximum Gasteiger partial charge on any atom is 0.0540 e. The van der Waals surface area contributed by atoms with Crippen molar-refractivity contribution in [1.82, 2.24) is 0 Å². The van der Waals surface area contributed by atoms with Gasteiger partial charge in [-0.25, -0.2) is 0 Å². The fourth-order valence-electron chi connectivity index (χ4n) is 3.19. The molecule has 0 unspecified atom stereocenters. The molecular weight excluding hydrogens is 316 g/mol. The molecule has 1 N–H and O–H groups in total. The Hall–Kier alpha value is -2.87. The summed E-state index contributed by atoms with van der Waals surface area (Å²) in [4.78, 5) is 2.11. The van der Waals surface area contributed by atoms with Crippen LogP contribution in [-0.2, 0) is 6.42 Å². The molecular formula is C24H26N2. The molecule has 0 heterocycles. The SMILES string of the molecule is CCCc1ccc(C(=C2C=CC(=N)C=C2)c2ccc(N(C)C)cc2)cc1. The number of rotatable bonds is 5. The van der Waals surface area contributed by atoms with Crippen LogP contribution < -0.4 is 4.90 Å². The molecule has 132 valence electrons. The highest BCUT2D eigenvalue weighted by molar-refractivity contribution is 6.05. The van der Waals surface area contributed by atoms with E-state index in [9.17, 15) is 0 Å². The van der Waals surface area contributed by atoms with Gasteiger partial charge in [0.05, 0.1) is 5.71 Å². The first-order valence-corrected chi connectivity index (χ1v) is 9.14. The predicted octanol–water partition coefficient (Wildman–Crippen LogP) is 5.65. The highest BCUT2D eigenvalue weighted by atomic mass is 15.1. The number of nitrogens with zero attached hydrogens (tertiary/aromatic N) is 1. The molecule has 2 aromatic rings. The number of allylic oxidation sites excluding steroid dienone is 5. The zero-order valence-electron chi connectivity index (χ0n) is 15.8. The smallest absolute Gasteiger partial charge is 0.0540 e. The number of anilines is 1. The van der Waals surface area contributed by atoms with Crippen LogP contribution in [0.2, 0.25) is 0 Å². The van der Waals surface area contributed by atoms with Gasteiger partial charge in [0, 0.05) is 19.8 Å². The Morgan fingerprint density at radius 1 is 0.808 bits per heavy atom. The maximum absolute atomic E-state index is 7.78. The molecule has 3 rings (SSSR count).